The summed E-state index contributed by atoms with van der Waals surface area (Å²) < 4.78 is 3.81. The highest BCUT2D eigenvalue weighted by Gasteiger charge is 2.18. The summed E-state index contributed by atoms with van der Waals surface area (Å²) in [6, 6.07) is 0. The third-order valence-electron chi connectivity index (χ3n) is 1.89. The summed E-state index contributed by atoms with van der Waals surface area (Å²) in [4.78, 5) is 22.7. The Kier molecular flexibility index (Phi) is 4.12. The minimum atomic E-state index is -0.667. The first-order valence-corrected chi connectivity index (χ1v) is 6.08. The SMILES string of the molecule is CC(C)(C)NC(=O)CNc1snc(N)c1C(N)=O. The van der Waals surface area contributed by atoms with Gasteiger partial charge >= 0.3 is 0 Å². The lowest BCUT2D eigenvalue weighted by molar-refractivity contribution is -0.120. The first-order valence-electron chi connectivity index (χ1n) is 5.30. The van der Waals surface area contributed by atoms with Gasteiger partial charge in [0.15, 0.2) is 5.82 Å². The summed E-state index contributed by atoms with van der Waals surface area (Å²) in [5.74, 6) is -0.781. The second-order valence-electron chi connectivity index (χ2n) is 4.79. The van der Waals surface area contributed by atoms with E-state index >= 15 is 0 Å². The molecular weight excluding hydrogens is 254 g/mol. The number of nitrogens with zero attached hydrogens (tertiary/aromatic N) is 1. The molecule has 18 heavy (non-hydrogen) atoms. The lowest BCUT2D eigenvalue weighted by atomic mass is 10.1. The molecule has 1 aromatic heterocycles. The van der Waals surface area contributed by atoms with Gasteiger partial charge in [0.2, 0.25) is 5.91 Å². The quantitative estimate of drug-likeness (QED) is 0.620. The zero-order valence-electron chi connectivity index (χ0n) is 10.5. The molecule has 0 aromatic carbocycles. The van der Waals surface area contributed by atoms with Gasteiger partial charge in [0.05, 0.1) is 6.54 Å². The van der Waals surface area contributed by atoms with Gasteiger partial charge in [-0.25, -0.2) is 0 Å². The van der Waals surface area contributed by atoms with Crippen molar-refractivity contribution in [3.05, 3.63) is 5.56 Å². The number of primary amides is 1. The van der Waals surface area contributed by atoms with Gasteiger partial charge in [-0.2, -0.15) is 4.37 Å². The summed E-state index contributed by atoms with van der Waals surface area (Å²) in [6.07, 6.45) is 0. The van der Waals surface area contributed by atoms with Gasteiger partial charge in [-0.3, -0.25) is 9.59 Å². The third-order valence-corrected chi connectivity index (χ3v) is 2.71. The number of amides is 2. The number of hydrogen-bond acceptors (Lipinski definition) is 6. The molecule has 0 saturated carbocycles. The predicted molar refractivity (Wildman–Crippen MR) is 71.4 cm³/mol. The summed E-state index contributed by atoms with van der Waals surface area (Å²) in [6.45, 7) is 5.67. The summed E-state index contributed by atoms with van der Waals surface area (Å²) in [5, 5.41) is 5.99. The van der Waals surface area contributed by atoms with Crippen molar-refractivity contribution in [1.82, 2.24) is 9.69 Å². The molecule has 0 unspecified atom stereocenters. The van der Waals surface area contributed by atoms with Crippen LogP contribution in [0.3, 0.4) is 0 Å². The first-order chi connectivity index (χ1) is 8.20. The highest BCUT2D eigenvalue weighted by Crippen LogP contribution is 2.25. The number of nitrogens with one attached hydrogen (secondary N) is 2. The lowest BCUT2D eigenvalue weighted by Crippen LogP contribution is -2.43. The fourth-order valence-corrected chi connectivity index (χ4v) is 2.00. The average Bonchev–Trinajstić information content (AvgIpc) is 2.54. The largest absolute Gasteiger partial charge is 0.382 e. The smallest absolute Gasteiger partial charge is 0.255 e. The van der Waals surface area contributed by atoms with Gasteiger partial charge in [0.25, 0.3) is 5.91 Å². The number of carbonyl (C=O) groups is 2. The number of carbonyl (C=O) groups excluding carboxylic acids is 2. The maximum Gasteiger partial charge on any atom is 0.255 e. The fraction of sp³-hybridized carbons (Fsp3) is 0.500. The second-order valence-corrected chi connectivity index (χ2v) is 5.56. The van der Waals surface area contributed by atoms with E-state index in [9.17, 15) is 9.59 Å². The van der Waals surface area contributed by atoms with Crippen LogP contribution in [0, 0.1) is 0 Å². The van der Waals surface area contributed by atoms with Crippen LogP contribution in [0.4, 0.5) is 10.8 Å². The van der Waals surface area contributed by atoms with E-state index < -0.39 is 5.91 Å². The zero-order valence-corrected chi connectivity index (χ0v) is 11.4. The van der Waals surface area contributed by atoms with Crippen molar-refractivity contribution in [1.29, 1.82) is 0 Å². The van der Waals surface area contributed by atoms with E-state index in [0.29, 0.717) is 5.00 Å². The van der Waals surface area contributed by atoms with E-state index in [1.165, 1.54) is 0 Å². The molecule has 0 atom stereocenters. The van der Waals surface area contributed by atoms with E-state index in [2.05, 4.69) is 15.0 Å². The molecule has 1 aromatic rings. The Morgan fingerprint density at radius 1 is 1.39 bits per heavy atom. The van der Waals surface area contributed by atoms with E-state index in [4.69, 9.17) is 11.5 Å². The molecule has 2 amide bonds. The van der Waals surface area contributed by atoms with E-state index in [1.807, 2.05) is 20.8 Å². The number of anilines is 2. The number of hydrogen-bond donors (Lipinski definition) is 4. The van der Waals surface area contributed by atoms with Crippen LogP contribution >= 0.6 is 11.5 Å². The fourth-order valence-electron chi connectivity index (χ4n) is 1.28. The Morgan fingerprint density at radius 3 is 2.50 bits per heavy atom. The van der Waals surface area contributed by atoms with Gasteiger partial charge < -0.3 is 22.1 Å². The highest BCUT2D eigenvalue weighted by atomic mass is 32.1. The molecule has 0 saturated heterocycles. The van der Waals surface area contributed by atoms with Crippen LogP contribution in [0.5, 0.6) is 0 Å². The average molecular weight is 271 g/mol. The van der Waals surface area contributed by atoms with Crippen LogP contribution in [-0.2, 0) is 4.79 Å². The predicted octanol–water partition coefficient (Wildman–Crippen LogP) is 0.151. The Labute approximate surface area is 109 Å². The molecule has 0 fully saturated rings. The zero-order chi connectivity index (χ0) is 13.9. The van der Waals surface area contributed by atoms with E-state index in [0.717, 1.165) is 11.5 Å². The summed E-state index contributed by atoms with van der Waals surface area (Å²) in [7, 11) is 0. The Bertz CT molecular complexity index is 463. The van der Waals surface area contributed by atoms with Crippen molar-refractivity contribution in [2.24, 2.45) is 5.73 Å². The van der Waals surface area contributed by atoms with Gasteiger partial charge in [-0.15, -0.1) is 0 Å². The lowest BCUT2D eigenvalue weighted by Gasteiger charge is -2.20. The van der Waals surface area contributed by atoms with Crippen LogP contribution in [0.2, 0.25) is 0 Å². The van der Waals surface area contributed by atoms with Crippen LogP contribution in [0.1, 0.15) is 31.1 Å². The molecule has 7 nitrogen and oxygen atoms in total. The van der Waals surface area contributed by atoms with Gasteiger partial charge in [0.1, 0.15) is 10.6 Å². The van der Waals surface area contributed by atoms with Crippen molar-refractivity contribution >= 4 is 34.2 Å². The molecule has 8 heteroatoms. The summed E-state index contributed by atoms with van der Waals surface area (Å²) >= 11 is 0.998. The van der Waals surface area contributed by atoms with Gasteiger partial charge in [0, 0.05) is 5.54 Å². The van der Waals surface area contributed by atoms with Crippen molar-refractivity contribution in [3.63, 3.8) is 0 Å². The van der Waals surface area contributed by atoms with Crippen molar-refractivity contribution in [3.8, 4) is 0 Å². The molecule has 6 N–H and O–H groups in total. The Morgan fingerprint density at radius 2 is 2.00 bits per heavy atom. The molecule has 0 aliphatic heterocycles. The van der Waals surface area contributed by atoms with Crippen molar-refractivity contribution < 1.29 is 9.59 Å². The molecule has 0 bridgehead atoms. The molecule has 1 rings (SSSR count). The second kappa shape index (κ2) is 5.21. The number of rotatable bonds is 4. The molecule has 0 spiro atoms. The minimum absolute atomic E-state index is 0.0270. The molecular formula is C10H17N5O2S. The standard InChI is InChI=1S/C10H17N5O2S/c1-10(2,3)14-5(16)4-13-9-6(8(12)17)7(11)15-18-9/h13H,4H2,1-3H3,(H2,11,15)(H2,12,17)(H,14,16). The first kappa shape index (κ1) is 14.2. The monoisotopic (exact) mass is 271 g/mol. The van der Waals surface area contributed by atoms with E-state index in [-0.39, 0.29) is 29.4 Å². The molecule has 0 aliphatic rings. The number of nitrogens with two attached hydrogens (primary N) is 2. The topological polar surface area (TPSA) is 123 Å². The van der Waals surface area contributed by atoms with Crippen molar-refractivity contribution in [2.75, 3.05) is 17.6 Å². The van der Waals surface area contributed by atoms with Gasteiger partial charge in [-0.05, 0) is 32.3 Å². The Balaban J connectivity index is 2.65. The van der Waals surface area contributed by atoms with Crippen molar-refractivity contribution in [2.45, 2.75) is 26.3 Å². The molecule has 0 aliphatic carbocycles. The minimum Gasteiger partial charge on any atom is -0.382 e. The Hall–Kier alpha value is -1.83. The van der Waals surface area contributed by atoms with Crippen LogP contribution in [-0.4, -0.2) is 28.3 Å². The normalized spacial score (nSPS) is 11.1. The highest BCUT2D eigenvalue weighted by molar-refractivity contribution is 7.11. The maximum absolute atomic E-state index is 11.6. The van der Waals surface area contributed by atoms with Gasteiger partial charge in [-0.1, -0.05) is 0 Å². The molecule has 0 radical (unpaired) electrons. The van der Waals surface area contributed by atoms with E-state index in [1.54, 1.807) is 0 Å². The third kappa shape index (κ3) is 3.88. The van der Waals surface area contributed by atoms with Crippen LogP contribution < -0.4 is 22.1 Å². The van der Waals surface area contributed by atoms with Crippen LogP contribution in [0.15, 0.2) is 0 Å². The number of nitrogen functional groups attached to an aromatic ring is 1. The maximum atomic E-state index is 11.6. The summed E-state index contributed by atoms with van der Waals surface area (Å²) in [5.41, 5.74) is 10.5. The molecule has 100 valence electrons. The number of aromatic nitrogens is 1. The van der Waals surface area contributed by atoms with Crippen LogP contribution in [0.25, 0.3) is 0 Å². The molecule has 1 heterocycles.